The number of aliphatic hydroxyl groups is 1. The maximum absolute atomic E-state index is 13.1. The van der Waals surface area contributed by atoms with Crippen LogP contribution in [0.5, 0.6) is 0 Å². The van der Waals surface area contributed by atoms with Crippen LogP contribution in [0.2, 0.25) is 0 Å². The number of hydrogen-bond acceptors (Lipinski definition) is 1. The summed E-state index contributed by atoms with van der Waals surface area (Å²) >= 11 is 3.03. The van der Waals surface area contributed by atoms with E-state index in [9.17, 15) is 4.39 Å². The molecular weight excluding hydrogens is 223 g/mol. The molecule has 0 aliphatic carbocycles. The van der Waals surface area contributed by atoms with E-state index in [1.807, 2.05) is 0 Å². The third kappa shape index (κ3) is 2.07. The van der Waals surface area contributed by atoms with Crippen LogP contribution in [-0.2, 0) is 0 Å². The van der Waals surface area contributed by atoms with Crippen LogP contribution in [0.1, 0.15) is 5.56 Å². The average molecular weight is 229 g/mol. The lowest BCUT2D eigenvalue weighted by molar-refractivity contribution is 0.350. The third-order valence-corrected chi connectivity index (χ3v) is 1.87. The number of rotatable bonds is 0. The highest BCUT2D eigenvalue weighted by Gasteiger charge is 2.01. The summed E-state index contributed by atoms with van der Waals surface area (Å²) < 4.78 is 13.5. The second-order valence-electron chi connectivity index (χ2n) is 2.06. The Morgan fingerprint density at radius 1 is 1.50 bits per heavy atom. The van der Waals surface area contributed by atoms with Crippen molar-refractivity contribution in [2.24, 2.45) is 0 Å². The van der Waals surface area contributed by atoms with E-state index in [-0.39, 0.29) is 6.61 Å². The topological polar surface area (TPSA) is 20.2 Å². The van der Waals surface area contributed by atoms with E-state index in [1.54, 1.807) is 18.2 Å². The molecule has 0 radical (unpaired) electrons. The summed E-state index contributed by atoms with van der Waals surface area (Å²) in [5.74, 6) is 4.49. The zero-order chi connectivity index (χ0) is 8.97. The van der Waals surface area contributed by atoms with Crippen LogP contribution in [0, 0.1) is 17.7 Å². The van der Waals surface area contributed by atoms with Gasteiger partial charge in [-0.25, -0.2) is 4.39 Å². The summed E-state index contributed by atoms with van der Waals surface area (Å²) in [7, 11) is 0. The van der Waals surface area contributed by atoms with Crippen LogP contribution in [0.4, 0.5) is 4.39 Å². The normalized spacial score (nSPS) is 8.92. The molecule has 0 bridgehead atoms. The summed E-state index contributed by atoms with van der Waals surface area (Å²) in [5.41, 5.74) is 0.290. The molecule has 0 aromatic heterocycles. The van der Waals surface area contributed by atoms with Gasteiger partial charge in [0.05, 0.1) is 10.0 Å². The number of aliphatic hydroxyl groups excluding tert-OH is 1. The summed E-state index contributed by atoms with van der Waals surface area (Å²) in [5, 5.41) is 8.38. The molecule has 3 heteroatoms. The fraction of sp³-hybridized carbons (Fsp3) is 0.111. The second-order valence-corrected chi connectivity index (χ2v) is 2.92. The van der Waals surface area contributed by atoms with Gasteiger partial charge in [-0.1, -0.05) is 17.9 Å². The van der Waals surface area contributed by atoms with Gasteiger partial charge >= 0.3 is 0 Å². The number of halogens is 2. The molecule has 0 aliphatic rings. The van der Waals surface area contributed by atoms with Crippen LogP contribution >= 0.6 is 15.9 Å². The van der Waals surface area contributed by atoms with E-state index < -0.39 is 5.82 Å². The Morgan fingerprint density at radius 2 is 2.25 bits per heavy atom. The van der Waals surface area contributed by atoms with E-state index in [0.29, 0.717) is 10.0 Å². The Bertz CT molecular complexity index is 338. The quantitative estimate of drug-likeness (QED) is 0.674. The predicted molar refractivity (Wildman–Crippen MR) is 48.1 cm³/mol. The molecule has 0 aliphatic heterocycles. The van der Waals surface area contributed by atoms with Gasteiger partial charge in [0.15, 0.2) is 5.82 Å². The van der Waals surface area contributed by atoms with Crippen molar-refractivity contribution in [2.45, 2.75) is 0 Å². The summed E-state index contributed by atoms with van der Waals surface area (Å²) in [4.78, 5) is 0. The molecule has 0 saturated carbocycles. The first kappa shape index (κ1) is 9.24. The van der Waals surface area contributed by atoms with Crippen molar-refractivity contribution < 1.29 is 9.50 Å². The van der Waals surface area contributed by atoms with Gasteiger partial charge in [-0.2, -0.15) is 0 Å². The zero-order valence-electron chi connectivity index (χ0n) is 6.14. The highest BCUT2D eigenvalue weighted by molar-refractivity contribution is 9.10. The van der Waals surface area contributed by atoms with Gasteiger partial charge in [0, 0.05) is 0 Å². The van der Waals surface area contributed by atoms with Crippen molar-refractivity contribution in [1.82, 2.24) is 0 Å². The molecule has 1 rings (SSSR count). The molecular formula is C9H6BrFO. The Kier molecular flexibility index (Phi) is 3.27. The van der Waals surface area contributed by atoms with Crippen LogP contribution in [0.3, 0.4) is 0 Å². The minimum Gasteiger partial charge on any atom is -0.384 e. The minimum atomic E-state index is -0.390. The largest absolute Gasteiger partial charge is 0.384 e. The van der Waals surface area contributed by atoms with Crippen LogP contribution in [0.25, 0.3) is 0 Å². The fourth-order valence-corrected chi connectivity index (χ4v) is 1.10. The molecule has 0 unspecified atom stereocenters. The summed E-state index contributed by atoms with van der Waals surface area (Å²) in [6.07, 6.45) is 0. The maximum atomic E-state index is 13.1. The first-order valence-electron chi connectivity index (χ1n) is 3.29. The molecule has 0 amide bonds. The summed E-state index contributed by atoms with van der Waals surface area (Å²) in [6, 6.07) is 4.84. The van der Waals surface area contributed by atoms with Crippen molar-refractivity contribution in [2.75, 3.05) is 6.61 Å². The molecule has 12 heavy (non-hydrogen) atoms. The molecule has 1 aromatic carbocycles. The highest BCUT2D eigenvalue weighted by atomic mass is 79.9. The average Bonchev–Trinajstić information content (AvgIpc) is 2.08. The van der Waals surface area contributed by atoms with Gasteiger partial charge in [0.2, 0.25) is 0 Å². The lowest BCUT2D eigenvalue weighted by Gasteiger charge is -1.95. The van der Waals surface area contributed by atoms with Gasteiger partial charge in [-0.3, -0.25) is 0 Å². The Morgan fingerprint density at radius 3 is 2.92 bits per heavy atom. The summed E-state index contributed by atoms with van der Waals surface area (Å²) in [6.45, 7) is -0.258. The maximum Gasteiger partial charge on any atom is 0.152 e. The Hall–Kier alpha value is -0.850. The molecule has 0 fully saturated rings. The smallest absolute Gasteiger partial charge is 0.152 e. The molecule has 1 nitrogen and oxygen atoms in total. The van der Waals surface area contributed by atoms with Crippen molar-refractivity contribution >= 4 is 15.9 Å². The Balaban J connectivity index is 3.08. The van der Waals surface area contributed by atoms with Crippen molar-refractivity contribution in [3.8, 4) is 11.8 Å². The van der Waals surface area contributed by atoms with Gasteiger partial charge < -0.3 is 5.11 Å². The van der Waals surface area contributed by atoms with Crippen LogP contribution in [0.15, 0.2) is 22.7 Å². The molecule has 62 valence electrons. The second kappa shape index (κ2) is 4.24. The van der Waals surface area contributed by atoms with Gasteiger partial charge in [0.25, 0.3) is 0 Å². The predicted octanol–water partition coefficient (Wildman–Crippen LogP) is 1.93. The lowest BCUT2D eigenvalue weighted by Crippen LogP contribution is -1.84. The minimum absolute atomic E-state index is 0.258. The number of hydrogen-bond donors (Lipinski definition) is 1. The fourth-order valence-electron chi connectivity index (χ4n) is 0.735. The van der Waals surface area contributed by atoms with E-state index >= 15 is 0 Å². The van der Waals surface area contributed by atoms with E-state index in [0.717, 1.165) is 0 Å². The molecule has 1 aromatic rings. The first-order chi connectivity index (χ1) is 5.75. The van der Waals surface area contributed by atoms with Gasteiger partial charge in [-0.15, -0.1) is 0 Å². The van der Waals surface area contributed by atoms with Gasteiger partial charge in [-0.05, 0) is 28.1 Å². The monoisotopic (exact) mass is 228 g/mol. The van der Waals surface area contributed by atoms with Crippen molar-refractivity contribution in [3.05, 3.63) is 34.1 Å². The van der Waals surface area contributed by atoms with Crippen LogP contribution < -0.4 is 0 Å². The third-order valence-electron chi connectivity index (χ3n) is 1.25. The van der Waals surface area contributed by atoms with Crippen LogP contribution in [-0.4, -0.2) is 11.7 Å². The first-order valence-corrected chi connectivity index (χ1v) is 4.08. The Labute approximate surface area is 78.4 Å². The number of benzene rings is 1. The zero-order valence-corrected chi connectivity index (χ0v) is 7.73. The lowest BCUT2D eigenvalue weighted by atomic mass is 10.2. The molecule has 0 spiro atoms. The SMILES string of the molecule is OCC#Cc1cccc(Br)c1F. The molecule has 1 N–H and O–H groups in total. The standard InChI is InChI=1S/C9H6BrFO/c10-8-5-1-3-7(9(8)11)4-2-6-12/h1,3,5,12H,6H2. The van der Waals surface area contributed by atoms with E-state index in [2.05, 4.69) is 27.8 Å². The van der Waals surface area contributed by atoms with Crippen molar-refractivity contribution in [1.29, 1.82) is 0 Å². The molecule has 0 saturated heterocycles. The van der Waals surface area contributed by atoms with Crippen molar-refractivity contribution in [3.63, 3.8) is 0 Å². The van der Waals surface area contributed by atoms with Gasteiger partial charge in [0.1, 0.15) is 6.61 Å². The highest BCUT2D eigenvalue weighted by Crippen LogP contribution is 2.17. The van der Waals surface area contributed by atoms with E-state index in [1.165, 1.54) is 0 Å². The molecule has 0 atom stereocenters. The molecule has 0 heterocycles. The van der Waals surface area contributed by atoms with E-state index in [4.69, 9.17) is 5.11 Å².